The number of unbranched alkanes of at least 4 members (excludes halogenated alkanes) is 1. The Balaban J connectivity index is 1.37. The summed E-state index contributed by atoms with van der Waals surface area (Å²) in [7, 11) is 0. The van der Waals surface area contributed by atoms with Crippen molar-refractivity contribution in [1.82, 2.24) is 0 Å². The molecule has 0 bridgehead atoms. The normalized spacial score (nSPS) is 10.3. The molecule has 3 rings (SSSR count). The molecule has 3 aromatic rings. The molecule has 0 N–H and O–H groups in total. The molecule has 270 valence electrons. The van der Waals surface area contributed by atoms with Crippen molar-refractivity contribution in [2.75, 3.05) is 26.4 Å². The summed E-state index contributed by atoms with van der Waals surface area (Å²) in [5.41, 5.74) is 0.713. The van der Waals surface area contributed by atoms with E-state index in [2.05, 4.69) is 26.3 Å². The second-order valence-corrected chi connectivity index (χ2v) is 10.5. The predicted octanol–water partition coefficient (Wildman–Crippen LogP) is 6.89. The lowest BCUT2D eigenvalue weighted by molar-refractivity contribution is -0.138. The van der Waals surface area contributed by atoms with Crippen molar-refractivity contribution >= 4 is 29.8 Å². The van der Waals surface area contributed by atoms with E-state index < -0.39 is 29.8 Å². The average molecular weight is 711 g/mol. The van der Waals surface area contributed by atoms with E-state index in [0.29, 0.717) is 44.0 Å². The van der Waals surface area contributed by atoms with Crippen LogP contribution in [-0.2, 0) is 28.5 Å². The molecular weight excluding hydrogens is 672 g/mol. The van der Waals surface area contributed by atoms with Gasteiger partial charge < -0.3 is 33.2 Å². The minimum absolute atomic E-state index is 0.0169. The molecule has 0 amide bonds. The Morgan fingerprint density at radius 1 is 0.481 bits per heavy atom. The zero-order chi connectivity index (χ0) is 37.7. The fraction of sp³-hybridized carbons (Fsp3) is 0.175. The van der Waals surface area contributed by atoms with E-state index in [9.17, 15) is 24.0 Å². The summed E-state index contributed by atoms with van der Waals surface area (Å²) in [6, 6.07) is 18.4. The lowest BCUT2D eigenvalue weighted by Crippen LogP contribution is -2.09. The zero-order valence-electron chi connectivity index (χ0n) is 28.4. The summed E-state index contributed by atoms with van der Waals surface area (Å²) in [5.74, 6) is -1.72. The molecule has 0 atom stereocenters. The van der Waals surface area contributed by atoms with Gasteiger partial charge in [0, 0.05) is 18.6 Å². The third-order valence-corrected chi connectivity index (χ3v) is 6.57. The van der Waals surface area contributed by atoms with Crippen LogP contribution in [0.25, 0.3) is 0 Å². The number of carbonyl (C=O) groups excluding carboxylic acids is 5. The second kappa shape index (κ2) is 21.4. The maximum absolute atomic E-state index is 12.6. The van der Waals surface area contributed by atoms with Crippen molar-refractivity contribution in [3.8, 4) is 17.2 Å². The van der Waals surface area contributed by atoms with Crippen LogP contribution >= 0.6 is 0 Å². The van der Waals surface area contributed by atoms with Crippen molar-refractivity contribution in [1.29, 1.82) is 0 Å². The van der Waals surface area contributed by atoms with E-state index in [4.69, 9.17) is 33.2 Å². The third-order valence-electron chi connectivity index (χ3n) is 6.57. The van der Waals surface area contributed by atoms with Crippen LogP contribution in [0.2, 0.25) is 0 Å². The van der Waals surface area contributed by atoms with Crippen LogP contribution < -0.4 is 14.2 Å². The molecule has 0 unspecified atom stereocenters. The molecule has 0 aliphatic carbocycles. The van der Waals surface area contributed by atoms with Gasteiger partial charge in [-0.25, -0.2) is 24.0 Å². The highest BCUT2D eigenvalue weighted by atomic mass is 16.6. The molecule has 3 aromatic carbocycles. The Bertz CT molecular complexity index is 1770. The van der Waals surface area contributed by atoms with Crippen LogP contribution in [0.5, 0.6) is 17.2 Å². The lowest BCUT2D eigenvalue weighted by atomic mass is 10.2. The highest BCUT2D eigenvalue weighted by Crippen LogP contribution is 2.19. The highest BCUT2D eigenvalue weighted by Gasteiger charge is 2.13. The number of hydrogen-bond donors (Lipinski definition) is 0. The first-order valence-corrected chi connectivity index (χ1v) is 15.9. The van der Waals surface area contributed by atoms with Crippen LogP contribution in [0.15, 0.2) is 135 Å². The van der Waals surface area contributed by atoms with Gasteiger partial charge in [0.25, 0.3) is 0 Å². The van der Waals surface area contributed by atoms with Crippen LogP contribution in [0, 0.1) is 0 Å². The molecule has 0 aliphatic rings. The van der Waals surface area contributed by atoms with E-state index >= 15 is 0 Å². The van der Waals surface area contributed by atoms with E-state index in [1.165, 1.54) is 36.4 Å². The molecule has 0 aliphatic heterocycles. The molecule has 0 fully saturated rings. The molecule has 0 radical (unpaired) electrons. The summed E-state index contributed by atoms with van der Waals surface area (Å²) in [5, 5.41) is 0. The summed E-state index contributed by atoms with van der Waals surface area (Å²) in [6.45, 7) is 15.2. The van der Waals surface area contributed by atoms with Crippen LogP contribution in [0.4, 0.5) is 0 Å². The van der Waals surface area contributed by atoms with E-state index in [0.717, 1.165) is 12.2 Å². The molecule has 0 saturated carbocycles. The fourth-order valence-electron chi connectivity index (χ4n) is 3.92. The van der Waals surface area contributed by atoms with Crippen LogP contribution in [0.1, 0.15) is 50.3 Å². The largest absolute Gasteiger partial charge is 0.494 e. The highest BCUT2D eigenvalue weighted by molar-refractivity contribution is 5.92. The number of carbonyl (C=O) groups is 5. The smallest absolute Gasteiger partial charge is 0.343 e. The SMILES string of the molecule is C=CC(=O)OCCCCOc1ccc(C(=O)OC(=C)/C=C\C(=C)OC(=O)c2ccc(OC(=O)c3ccc(OCCCOC(=O)C=C)cc3)cc2)cc1. The van der Waals surface area contributed by atoms with Crippen molar-refractivity contribution in [2.45, 2.75) is 19.3 Å². The molecule has 12 heteroatoms. The molecule has 0 saturated heterocycles. The van der Waals surface area contributed by atoms with Gasteiger partial charge >= 0.3 is 29.8 Å². The second-order valence-electron chi connectivity index (χ2n) is 10.5. The van der Waals surface area contributed by atoms with E-state index in [1.807, 2.05) is 0 Å². The zero-order valence-corrected chi connectivity index (χ0v) is 28.4. The van der Waals surface area contributed by atoms with E-state index in [-0.39, 0.29) is 47.2 Å². The standard InChI is InChI=1S/C40H38O12/c1-5-36(41)48-25-8-7-24-46-33-18-12-30(13-19-33)38(43)50-28(3)10-11-29(4)51-39(44)31-16-22-35(23-17-31)52-40(45)32-14-20-34(21-15-32)47-26-9-27-49-37(42)6-2/h5-6,10-23H,1-4,7-9,24-27H2/b11-10-. The number of hydrogen-bond acceptors (Lipinski definition) is 12. The molecule has 12 nitrogen and oxygen atoms in total. The van der Waals surface area contributed by atoms with Gasteiger partial charge in [-0.15, -0.1) is 0 Å². The Morgan fingerprint density at radius 2 is 0.846 bits per heavy atom. The molecule has 0 spiro atoms. The monoisotopic (exact) mass is 710 g/mol. The van der Waals surface area contributed by atoms with Gasteiger partial charge in [0.2, 0.25) is 0 Å². The van der Waals surface area contributed by atoms with Crippen molar-refractivity contribution in [3.63, 3.8) is 0 Å². The maximum atomic E-state index is 12.6. The Hall–Kier alpha value is -6.69. The number of ether oxygens (including phenoxy) is 7. The number of rotatable bonds is 21. The summed E-state index contributed by atoms with van der Waals surface area (Å²) in [4.78, 5) is 59.7. The fourth-order valence-corrected chi connectivity index (χ4v) is 3.92. The van der Waals surface area contributed by atoms with Crippen LogP contribution in [-0.4, -0.2) is 56.3 Å². The summed E-state index contributed by atoms with van der Waals surface area (Å²) < 4.78 is 36.8. The van der Waals surface area contributed by atoms with Gasteiger partial charge in [0.1, 0.15) is 28.8 Å². The topological polar surface area (TPSA) is 150 Å². The van der Waals surface area contributed by atoms with Crippen LogP contribution in [0.3, 0.4) is 0 Å². The predicted molar refractivity (Wildman–Crippen MR) is 190 cm³/mol. The average Bonchev–Trinajstić information content (AvgIpc) is 3.15. The Kier molecular flexibility index (Phi) is 16.4. The number of allylic oxidation sites excluding steroid dienone is 2. The Morgan fingerprint density at radius 3 is 1.29 bits per heavy atom. The molecule has 0 aromatic heterocycles. The Labute approximate surface area is 301 Å². The van der Waals surface area contributed by atoms with Gasteiger partial charge in [-0.2, -0.15) is 0 Å². The molecule has 0 heterocycles. The van der Waals surface area contributed by atoms with E-state index in [1.54, 1.807) is 48.5 Å². The minimum atomic E-state index is -0.719. The van der Waals surface area contributed by atoms with Gasteiger partial charge in [0.05, 0.1) is 43.1 Å². The van der Waals surface area contributed by atoms with Crippen molar-refractivity contribution < 1.29 is 57.1 Å². The van der Waals surface area contributed by atoms with Gasteiger partial charge in [0.15, 0.2) is 0 Å². The lowest BCUT2D eigenvalue weighted by Gasteiger charge is -2.09. The first-order chi connectivity index (χ1) is 25.1. The first kappa shape index (κ1) is 39.7. The van der Waals surface area contributed by atoms with Gasteiger partial charge in [-0.05, 0) is 97.8 Å². The first-order valence-electron chi connectivity index (χ1n) is 15.9. The maximum Gasteiger partial charge on any atom is 0.343 e. The number of esters is 5. The van der Waals surface area contributed by atoms with Gasteiger partial charge in [-0.3, -0.25) is 0 Å². The molecule has 52 heavy (non-hydrogen) atoms. The third kappa shape index (κ3) is 14.4. The summed E-state index contributed by atoms with van der Waals surface area (Å²) in [6.07, 6.45) is 6.62. The quantitative estimate of drug-likeness (QED) is 0.0215. The minimum Gasteiger partial charge on any atom is -0.494 e. The van der Waals surface area contributed by atoms with Gasteiger partial charge in [-0.1, -0.05) is 26.3 Å². The number of benzene rings is 3. The summed E-state index contributed by atoms with van der Waals surface area (Å²) >= 11 is 0. The van der Waals surface area contributed by atoms with Crippen molar-refractivity contribution in [3.05, 3.63) is 152 Å². The van der Waals surface area contributed by atoms with Crippen molar-refractivity contribution in [2.24, 2.45) is 0 Å². The molecular formula is C40H38O12.